The third-order valence-electron chi connectivity index (χ3n) is 1.85. The van der Waals surface area contributed by atoms with Crippen LogP contribution in [0.25, 0.3) is 0 Å². The zero-order valence-electron chi connectivity index (χ0n) is 9.00. The normalized spacial score (nSPS) is 10.6. The van der Waals surface area contributed by atoms with Crippen molar-refractivity contribution >= 4 is 0 Å². The Morgan fingerprint density at radius 3 is 2.53 bits per heavy atom. The second-order valence-corrected chi connectivity index (χ2v) is 3.55. The predicted molar refractivity (Wildman–Crippen MR) is 56.5 cm³/mol. The summed E-state index contributed by atoms with van der Waals surface area (Å²) in [5.41, 5.74) is -0.824. The molecule has 80 valence electrons. The number of rotatable bonds is 3. The van der Waals surface area contributed by atoms with Gasteiger partial charge in [-0.25, -0.2) is 4.39 Å². The molecule has 0 bridgehead atoms. The lowest BCUT2D eigenvalue weighted by molar-refractivity contribution is 0.164. The van der Waals surface area contributed by atoms with E-state index in [0.29, 0.717) is 5.75 Å². The van der Waals surface area contributed by atoms with Crippen LogP contribution in [0, 0.1) is 18.2 Å². The van der Waals surface area contributed by atoms with Gasteiger partial charge in [0.25, 0.3) is 0 Å². The maximum atomic E-state index is 13.4. The van der Waals surface area contributed by atoms with E-state index in [9.17, 15) is 4.39 Å². The maximum absolute atomic E-state index is 13.4. The molecule has 0 unspecified atom stereocenters. The molecule has 0 N–H and O–H groups in total. The van der Waals surface area contributed by atoms with Gasteiger partial charge in [0.1, 0.15) is 5.75 Å². The summed E-state index contributed by atoms with van der Waals surface area (Å²) < 4.78 is 23.6. The first kappa shape index (κ1) is 11.4. The first-order valence-electron chi connectivity index (χ1n) is 4.49. The lowest BCUT2D eigenvalue weighted by Crippen LogP contribution is -2.25. The van der Waals surface area contributed by atoms with E-state index in [1.165, 1.54) is 19.2 Å². The van der Waals surface area contributed by atoms with Crippen molar-refractivity contribution in [1.29, 1.82) is 0 Å². The third kappa shape index (κ3) is 2.88. The van der Waals surface area contributed by atoms with Crippen molar-refractivity contribution < 1.29 is 13.9 Å². The Bertz CT molecular complexity index is 391. The summed E-state index contributed by atoms with van der Waals surface area (Å²) in [7, 11) is 1.47. The van der Waals surface area contributed by atoms with Gasteiger partial charge in [0, 0.05) is 6.07 Å². The number of terminal acetylenes is 1. The molecule has 0 aromatic heterocycles. The monoisotopic (exact) mass is 208 g/mol. The van der Waals surface area contributed by atoms with Crippen molar-refractivity contribution in [2.75, 3.05) is 7.11 Å². The van der Waals surface area contributed by atoms with E-state index >= 15 is 0 Å². The SMILES string of the molecule is C#CC(C)(C)Oc1ccc(OC)cc1F. The van der Waals surface area contributed by atoms with Gasteiger partial charge in [0.2, 0.25) is 0 Å². The maximum Gasteiger partial charge on any atom is 0.168 e. The quantitative estimate of drug-likeness (QED) is 0.711. The molecule has 1 aromatic carbocycles. The average molecular weight is 208 g/mol. The highest BCUT2D eigenvalue weighted by Gasteiger charge is 2.18. The first-order valence-corrected chi connectivity index (χ1v) is 4.49. The average Bonchev–Trinajstić information content (AvgIpc) is 2.21. The lowest BCUT2D eigenvalue weighted by atomic mass is 10.1. The molecule has 3 heteroatoms. The molecule has 0 aliphatic rings. The van der Waals surface area contributed by atoms with E-state index in [4.69, 9.17) is 15.9 Å². The summed E-state index contributed by atoms with van der Waals surface area (Å²) in [4.78, 5) is 0. The van der Waals surface area contributed by atoms with Gasteiger partial charge < -0.3 is 9.47 Å². The molecule has 0 amide bonds. The van der Waals surface area contributed by atoms with Crippen molar-refractivity contribution in [3.8, 4) is 23.8 Å². The van der Waals surface area contributed by atoms with Crippen molar-refractivity contribution in [3.05, 3.63) is 24.0 Å². The zero-order chi connectivity index (χ0) is 11.5. The van der Waals surface area contributed by atoms with Gasteiger partial charge in [-0.15, -0.1) is 6.42 Å². The third-order valence-corrected chi connectivity index (χ3v) is 1.85. The molecule has 0 atom stereocenters. The van der Waals surface area contributed by atoms with Gasteiger partial charge in [-0.3, -0.25) is 0 Å². The van der Waals surface area contributed by atoms with E-state index in [1.54, 1.807) is 19.9 Å². The molecular weight excluding hydrogens is 195 g/mol. The van der Waals surface area contributed by atoms with Crippen LogP contribution in [-0.2, 0) is 0 Å². The van der Waals surface area contributed by atoms with Crippen LogP contribution in [0.5, 0.6) is 11.5 Å². The highest BCUT2D eigenvalue weighted by atomic mass is 19.1. The Kier molecular flexibility index (Phi) is 3.21. The second-order valence-electron chi connectivity index (χ2n) is 3.55. The predicted octanol–water partition coefficient (Wildman–Crippen LogP) is 2.62. The first-order chi connectivity index (χ1) is 6.98. The molecule has 0 aliphatic carbocycles. The Balaban J connectivity index is 2.93. The summed E-state index contributed by atoms with van der Waals surface area (Å²) in [6.45, 7) is 3.38. The molecule has 0 saturated carbocycles. The fourth-order valence-corrected chi connectivity index (χ4v) is 0.996. The van der Waals surface area contributed by atoms with Gasteiger partial charge in [-0.1, -0.05) is 5.92 Å². The molecule has 0 aliphatic heterocycles. The van der Waals surface area contributed by atoms with Gasteiger partial charge >= 0.3 is 0 Å². The second kappa shape index (κ2) is 4.22. The van der Waals surface area contributed by atoms with E-state index in [0.717, 1.165) is 0 Å². The fourth-order valence-electron chi connectivity index (χ4n) is 0.996. The number of hydrogen-bond donors (Lipinski definition) is 0. The Labute approximate surface area is 89.0 Å². The number of halogens is 1. The summed E-state index contributed by atoms with van der Waals surface area (Å²) in [5, 5.41) is 0. The largest absolute Gasteiger partial charge is 0.497 e. The number of hydrogen-bond acceptors (Lipinski definition) is 2. The van der Waals surface area contributed by atoms with Crippen molar-refractivity contribution in [2.24, 2.45) is 0 Å². The van der Waals surface area contributed by atoms with E-state index in [2.05, 4.69) is 5.92 Å². The van der Waals surface area contributed by atoms with Gasteiger partial charge in [-0.2, -0.15) is 0 Å². The van der Waals surface area contributed by atoms with Gasteiger partial charge in [0.15, 0.2) is 17.2 Å². The van der Waals surface area contributed by atoms with E-state index in [-0.39, 0.29) is 5.75 Å². The van der Waals surface area contributed by atoms with Crippen LogP contribution in [0.1, 0.15) is 13.8 Å². The smallest absolute Gasteiger partial charge is 0.168 e. The van der Waals surface area contributed by atoms with Crippen LogP contribution in [0.4, 0.5) is 4.39 Å². The number of benzene rings is 1. The fraction of sp³-hybridized carbons (Fsp3) is 0.333. The number of ether oxygens (including phenoxy) is 2. The molecule has 0 heterocycles. The molecule has 0 radical (unpaired) electrons. The Hall–Kier alpha value is -1.69. The number of methoxy groups -OCH3 is 1. The van der Waals surface area contributed by atoms with Crippen LogP contribution in [-0.4, -0.2) is 12.7 Å². The van der Waals surface area contributed by atoms with Crippen LogP contribution >= 0.6 is 0 Å². The van der Waals surface area contributed by atoms with Crippen LogP contribution < -0.4 is 9.47 Å². The molecule has 0 saturated heterocycles. The van der Waals surface area contributed by atoms with Gasteiger partial charge in [0.05, 0.1) is 7.11 Å². The minimum atomic E-state index is -0.824. The Morgan fingerprint density at radius 1 is 1.40 bits per heavy atom. The molecule has 0 spiro atoms. The molecular formula is C12H13FO2. The minimum absolute atomic E-state index is 0.124. The standard InChI is InChI=1S/C12H13FO2/c1-5-12(2,3)15-11-7-6-9(14-4)8-10(11)13/h1,6-8H,2-4H3. The van der Waals surface area contributed by atoms with Crippen LogP contribution in [0.2, 0.25) is 0 Å². The molecule has 0 fully saturated rings. The van der Waals surface area contributed by atoms with E-state index < -0.39 is 11.4 Å². The Morgan fingerprint density at radius 2 is 2.07 bits per heavy atom. The molecule has 1 aromatic rings. The summed E-state index contributed by atoms with van der Waals surface area (Å²) in [5.74, 6) is 2.50. The van der Waals surface area contributed by atoms with Crippen LogP contribution in [0.3, 0.4) is 0 Å². The van der Waals surface area contributed by atoms with Crippen LogP contribution in [0.15, 0.2) is 18.2 Å². The van der Waals surface area contributed by atoms with Crippen molar-refractivity contribution in [3.63, 3.8) is 0 Å². The highest BCUT2D eigenvalue weighted by Crippen LogP contribution is 2.25. The minimum Gasteiger partial charge on any atom is -0.497 e. The summed E-state index contributed by atoms with van der Waals surface area (Å²) in [6.07, 6.45) is 5.24. The van der Waals surface area contributed by atoms with Crippen molar-refractivity contribution in [2.45, 2.75) is 19.4 Å². The summed E-state index contributed by atoms with van der Waals surface area (Å²) in [6, 6.07) is 4.36. The molecule has 2 nitrogen and oxygen atoms in total. The molecule has 15 heavy (non-hydrogen) atoms. The lowest BCUT2D eigenvalue weighted by Gasteiger charge is -2.20. The molecule has 1 rings (SSSR count). The topological polar surface area (TPSA) is 18.5 Å². The zero-order valence-corrected chi connectivity index (χ0v) is 9.00. The summed E-state index contributed by atoms with van der Waals surface area (Å²) >= 11 is 0. The van der Waals surface area contributed by atoms with Gasteiger partial charge in [-0.05, 0) is 26.0 Å². The highest BCUT2D eigenvalue weighted by molar-refractivity contribution is 5.34. The van der Waals surface area contributed by atoms with E-state index in [1.807, 2.05) is 0 Å². The van der Waals surface area contributed by atoms with Crippen molar-refractivity contribution in [1.82, 2.24) is 0 Å².